The van der Waals surface area contributed by atoms with Gasteiger partial charge in [-0.1, -0.05) is 24.6 Å². The van der Waals surface area contributed by atoms with E-state index in [0.29, 0.717) is 6.04 Å². The van der Waals surface area contributed by atoms with E-state index < -0.39 is 0 Å². The van der Waals surface area contributed by atoms with Crippen molar-refractivity contribution in [1.82, 2.24) is 5.32 Å². The topological polar surface area (TPSA) is 12.0 Å². The van der Waals surface area contributed by atoms with Crippen LogP contribution < -0.4 is 5.32 Å². The smallest absolute Gasteiger partial charge is 0.0345 e. The van der Waals surface area contributed by atoms with Crippen LogP contribution in [0.5, 0.6) is 0 Å². The Bertz CT molecular complexity index is 498. The molecule has 3 rings (SSSR count). The van der Waals surface area contributed by atoms with Crippen LogP contribution in [0, 0.1) is 5.92 Å². The van der Waals surface area contributed by atoms with Crippen molar-refractivity contribution in [2.45, 2.75) is 31.7 Å². The van der Waals surface area contributed by atoms with Crippen LogP contribution in [-0.2, 0) is 6.42 Å². The monoisotopic (exact) mass is 245 g/mol. The minimum absolute atomic E-state index is 0.668. The quantitative estimate of drug-likeness (QED) is 0.863. The molecule has 1 nitrogen and oxygen atoms in total. The predicted octanol–water partition coefficient (Wildman–Crippen LogP) is 3.83. The van der Waals surface area contributed by atoms with Gasteiger partial charge in [-0.05, 0) is 54.6 Å². The number of benzene rings is 1. The van der Waals surface area contributed by atoms with Gasteiger partial charge in [0.2, 0.25) is 0 Å². The van der Waals surface area contributed by atoms with Gasteiger partial charge in [0.15, 0.2) is 0 Å². The van der Waals surface area contributed by atoms with Gasteiger partial charge in [0, 0.05) is 10.7 Å². The third kappa shape index (κ3) is 2.12. The zero-order valence-electron chi connectivity index (χ0n) is 10.3. The highest BCUT2D eigenvalue weighted by atomic mass is 32.1. The van der Waals surface area contributed by atoms with Crippen molar-refractivity contribution >= 4 is 21.4 Å². The molecule has 1 fully saturated rings. The van der Waals surface area contributed by atoms with Gasteiger partial charge in [0.25, 0.3) is 0 Å². The molecule has 90 valence electrons. The summed E-state index contributed by atoms with van der Waals surface area (Å²) in [4.78, 5) is 0. The maximum atomic E-state index is 3.51. The van der Waals surface area contributed by atoms with E-state index >= 15 is 0 Å². The first kappa shape index (κ1) is 11.2. The summed E-state index contributed by atoms with van der Waals surface area (Å²) in [5.74, 6) is 0.902. The second-order valence-electron chi connectivity index (χ2n) is 5.05. The summed E-state index contributed by atoms with van der Waals surface area (Å²) < 4.78 is 1.42. The van der Waals surface area contributed by atoms with Crippen molar-refractivity contribution in [3.63, 3.8) is 0 Å². The third-order valence-corrected chi connectivity index (χ3v) is 5.10. The predicted molar refractivity (Wildman–Crippen MR) is 75.7 cm³/mol. The molecule has 2 heteroatoms. The highest BCUT2D eigenvalue weighted by molar-refractivity contribution is 7.17. The molecule has 0 aliphatic heterocycles. The minimum atomic E-state index is 0.668. The molecule has 0 bridgehead atoms. The van der Waals surface area contributed by atoms with Crippen LogP contribution in [0.1, 0.15) is 24.8 Å². The van der Waals surface area contributed by atoms with Crippen molar-refractivity contribution in [3.8, 4) is 0 Å². The van der Waals surface area contributed by atoms with E-state index in [1.54, 1.807) is 0 Å². The maximum Gasteiger partial charge on any atom is 0.0345 e. The van der Waals surface area contributed by atoms with Crippen LogP contribution in [0.3, 0.4) is 0 Å². The fourth-order valence-electron chi connectivity index (χ4n) is 2.77. The van der Waals surface area contributed by atoms with E-state index in [-0.39, 0.29) is 0 Å². The molecule has 1 heterocycles. The van der Waals surface area contributed by atoms with Crippen molar-refractivity contribution < 1.29 is 0 Å². The number of thiophene rings is 1. The number of hydrogen-bond acceptors (Lipinski definition) is 2. The zero-order chi connectivity index (χ0) is 11.7. The molecule has 1 unspecified atom stereocenters. The summed E-state index contributed by atoms with van der Waals surface area (Å²) in [7, 11) is 2.11. The lowest BCUT2D eigenvalue weighted by atomic mass is 9.77. The zero-order valence-corrected chi connectivity index (χ0v) is 11.1. The molecule has 1 aliphatic carbocycles. The Morgan fingerprint density at radius 2 is 2.18 bits per heavy atom. The van der Waals surface area contributed by atoms with E-state index in [0.717, 1.165) is 5.92 Å². The molecule has 1 aromatic carbocycles. The fraction of sp³-hybridized carbons (Fsp3) is 0.467. The van der Waals surface area contributed by atoms with Crippen LogP contribution in [0.2, 0.25) is 0 Å². The van der Waals surface area contributed by atoms with Crippen molar-refractivity contribution in [1.29, 1.82) is 0 Å². The molecule has 1 aromatic heterocycles. The number of fused-ring (bicyclic) bond motifs is 1. The van der Waals surface area contributed by atoms with Gasteiger partial charge >= 0.3 is 0 Å². The lowest BCUT2D eigenvalue weighted by molar-refractivity contribution is 0.236. The first-order valence-corrected chi connectivity index (χ1v) is 7.39. The largest absolute Gasteiger partial charge is 0.316 e. The lowest BCUT2D eigenvalue weighted by Gasteiger charge is -2.33. The molecule has 0 spiro atoms. The highest BCUT2D eigenvalue weighted by Gasteiger charge is 2.26. The summed E-state index contributed by atoms with van der Waals surface area (Å²) in [6.07, 6.45) is 5.43. The lowest BCUT2D eigenvalue weighted by Crippen LogP contribution is -2.38. The molecule has 17 heavy (non-hydrogen) atoms. The Kier molecular flexibility index (Phi) is 3.17. The molecule has 1 saturated carbocycles. The number of hydrogen-bond donors (Lipinski definition) is 1. The van der Waals surface area contributed by atoms with Crippen molar-refractivity contribution in [2.75, 3.05) is 7.05 Å². The first-order valence-electron chi connectivity index (χ1n) is 6.51. The van der Waals surface area contributed by atoms with E-state index in [2.05, 4.69) is 42.0 Å². The van der Waals surface area contributed by atoms with Gasteiger partial charge in [-0.2, -0.15) is 0 Å². The Hall–Kier alpha value is -0.860. The Morgan fingerprint density at radius 1 is 1.35 bits per heavy atom. The highest BCUT2D eigenvalue weighted by Crippen LogP contribution is 2.33. The summed E-state index contributed by atoms with van der Waals surface area (Å²) >= 11 is 1.88. The summed E-state index contributed by atoms with van der Waals surface area (Å²) in [6.45, 7) is 0. The van der Waals surface area contributed by atoms with Crippen LogP contribution in [0.4, 0.5) is 0 Å². The molecule has 1 N–H and O–H groups in total. The van der Waals surface area contributed by atoms with Gasteiger partial charge < -0.3 is 5.32 Å². The van der Waals surface area contributed by atoms with E-state index in [1.807, 2.05) is 11.3 Å². The van der Waals surface area contributed by atoms with Gasteiger partial charge in [-0.15, -0.1) is 11.3 Å². The summed E-state index contributed by atoms with van der Waals surface area (Å²) in [5.41, 5.74) is 1.52. The molecular formula is C15H19NS. The van der Waals surface area contributed by atoms with Gasteiger partial charge in [-0.3, -0.25) is 0 Å². The van der Waals surface area contributed by atoms with Gasteiger partial charge in [0.05, 0.1) is 0 Å². The summed E-state index contributed by atoms with van der Waals surface area (Å²) in [6, 6.07) is 9.43. The molecule has 1 atom stereocenters. The van der Waals surface area contributed by atoms with Crippen molar-refractivity contribution in [3.05, 3.63) is 35.2 Å². The third-order valence-electron chi connectivity index (χ3n) is 4.09. The first-order chi connectivity index (χ1) is 8.38. The van der Waals surface area contributed by atoms with Gasteiger partial charge in [-0.25, -0.2) is 0 Å². The van der Waals surface area contributed by atoms with E-state index in [9.17, 15) is 0 Å². The van der Waals surface area contributed by atoms with Crippen molar-refractivity contribution in [2.24, 2.45) is 5.92 Å². The van der Waals surface area contributed by atoms with E-state index in [1.165, 1.54) is 41.3 Å². The number of rotatable bonds is 4. The molecule has 2 aromatic rings. The molecule has 0 radical (unpaired) electrons. The average Bonchev–Trinajstić information content (AvgIpc) is 2.69. The molecule has 0 saturated heterocycles. The van der Waals surface area contributed by atoms with E-state index in [4.69, 9.17) is 0 Å². The number of nitrogens with one attached hydrogen (secondary N) is 1. The van der Waals surface area contributed by atoms with Crippen LogP contribution in [-0.4, -0.2) is 13.1 Å². The molecule has 0 amide bonds. The molecule has 1 aliphatic rings. The van der Waals surface area contributed by atoms with Crippen LogP contribution >= 0.6 is 11.3 Å². The van der Waals surface area contributed by atoms with Gasteiger partial charge in [0.1, 0.15) is 0 Å². The Balaban J connectivity index is 1.83. The second kappa shape index (κ2) is 4.79. The Labute approximate surface area is 107 Å². The SMILES string of the molecule is CNC(Cc1csc2ccccc12)C1CCC1. The fourth-order valence-corrected chi connectivity index (χ4v) is 3.75. The Morgan fingerprint density at radius 3 is 2.88 bits per heavy atom. The number of likely N-dealkylation sites (N-methyl/N-ethyl adjacent to an activating group) is 1. The minimum Gasteiger partial charge on any atom is -0.316 e. The molecular weight excluding hydrogens is 226 g/mol. The van der Waals surface area contributed by atoms with Crippen LogP contribution in [0.15, 0.2) is 29.6 Å². The summed E-state index contributed by atoms with van der Waals surface area (Å²) in [5, 5.41) is 7.31. The van der Waals surface area contributed by atoms with Crippen LogP contribution in [0.25, 0.3) is 10.1 Å². The average molecular weight is 245 g/mol. The standard InChI is InChI=1S/C15H19NS/c1-16-14(11-5-4-6-11)9-12-10-17-15-8-3-2-7-13(12)15/h2-3,7-8,10-11,14,16H,4-6,9H2,1H3. The maximum absolute atomic E-state index is 3.51. The second-order valence-corrected chi connectivity index (χ2v) is 5.96. The normalized spacial score (nSPS) is 18.2.